The summed E-state index contributed by atoms with van der Waals surface area (Å²) in [5.74, 6) is 0.790. The minimum absolute atomic E-state index is 0.00318. The lowest BCUT2D eigenvalue weighted by molar-refractivity contribution is 0.830. The van der Waals surface area contributed by atoms with Crippen LogP contribution in [0.4, 0.5) is 0 Å². The Morgan fingerprint density at radius 2 is 1.80 bits per heavy atom. The van der Waals surface area contributed by atoms with E-state index < -0.39 is 0 Å². The van der Waals surface area contributed by atoms with Gasteiger partial charge in [-0.05, 0) is 46.9 Å². The van der Waals surface area contributed by atoms with E-state index in [1.54, 1.807) is 4.57 Å². The first-order chi connectivity index (χ1) is 9.72. The SMILES string of the molecule is CCc1nc2ccccc2c(=O)n1-c1ccccc1I. The number of hydrogen-bond donors (Lipinski definition) is 0. The molecule has 0 bridgehead atoms. The van der Waals surface area contributed by atoms with E-state index in [0.717, 1.165) is 20.6 Å². The number of fused-ring (bicyclic) bond motifs is 1. The minimum Gasteiger partial charge on any atom is -0.268 e. The van der Waals surface area contributed by atoms with Gasteiger partial charge < -0.3 is 0 Å². The van der Waals surface area contributed by atoms with Gasteiger partial charge in [0.05, 0.1) is 16.6 Å². The van der Waals surface area contributed by atoms with Crippen LogP contribution in [0, 0.1) is 3.57 Å². The molecule has 2 aromatic carbocycles. The van der Waals surface area contributed by atoms with E-state index in [1.807, 2.05) is 55.5 Å². The van der Waals surface area contributed by atoms with Crippen LogP contribution in [0.2, 0.25) is 0 Å². The second kappa shape index (κ2) is 5.36. The van der Waals surface area contributed by atoms with Crippen molar-refractivity contribution in [1.82, 2.24) is 9.55 Å². The zero-order valence-corrected chi connectivity index (χ0v) is 13.2. The first-order valence-corrected chi connectivity index (χ1v) is 7.56. The van der Waals surface area contributed by atoms with Gasteiger partial charge in [-0.3, -0.25) is 9.36 Å². The van der Waals surface area contributed by atoms with Crippen molar-refractivity contribution in [3.05, 3.63) is 68.3 Å². The van der Waals surface area contributed by atoms with Gasteiger partial charge >= 0.3 is 0 Å². The van der Waals surface area contributed by atoms with E-state index >= 15 is 0 Å². The molecule has 20 heavy (non-hydrogen) atoms. The Labute approximate surface area is 130 Å². The lowest BCUT2D eigenvalue weighted by Crippen LogP contribution is -2.24. The van der Waals surface area contributed by atoms with Gasteiger partial charge in [0.2, 0.25) is 0 Å². The number of aromatic nitrogens is 2. The average molecular weight is 376 g/mol. The quantitative estimate of drug-likeness (QED) is 0.642. The van der Waals surface area contributed by atoms with Gasteiger partial charge in [0.25, 0.3) is 5.56 Å². The Balaban J connectivity index is 2.43. The van der Waals surface area contributed by atoms with E-state index in [4.69, 9.17) is 0 Å². The van der Waals surface area contributed by atoms with E-state index in [1.165, 1.54) is 0 Å². The molecule has 0 saturated carbocycles. The maximum atomic E-state index is 12.8. The molecule has 0 spiro atoms. The molecule has 0 N–H and O–H groups in total. The largest absolute Gasteiger partial charge is 0.268 e. The summed E-state index contributed by atoms with van der Waals surface area (Å²) in [6.07, 6.45) is 0.713. The van der Waals surface area contributed by atoms with E-state index in [2.05, 4.69) is 27.6 Å². The van der Waals surface area contributed by atoms with Crippen LogP contribution in [0.5, 0.6) is 0 Å². The summed E-state index contributed by atoms with van der Waals surface area (Å²) in [5, 5.41) is 0.657. The molecule has 3 nitrogen and oxygen atoms in total. The van der Waals surface area contributed by atoms with Gasteiger partial charge in [-0.1, -0.05) is 31.2 Å². The molecular weight excluding hydrogens is 363 g/mol. The summed E-state index contributed by atoms with van der Waals surface area (Å²) in [5.41, 5.74) is 1.65. The zero-order valence-electron chi connectivity index (χ0n) is 11.0. The molecule has 1 aromatic heterocycles. The van der Waals surface area contributed by atoms with Gasteiger partial charge in [0.15, 0.2) is 0 Å². The fraction of sp³-hybridized carbons (Fsp3) is 0.125. The first-order valence-electron chi connectivity index (χ1n) is 6.48. The smallest absolute Gasteiger partial charge is 0.266 e. The first kappa shape index (κ1) is 13.3. The highest BCUT2D eigenvalue weighted by Gasteiger charge is 2.12. The Kier molecular flexibility index (Phi) is 3.56. The van der Waals surface area contributed by atoms with Crippen molar-refractivity contribution in [3.63, 3.8) is 0 Å². The molecule has 0 unspecified atom stereocenters. The van der Waals surface area contributed by atoms with Gasteiger partial charge in [0.1, 0.15) is 5.82 Å². The van der Waals surface area contributed by atoms with Crippen LogP contribution in [0.3, 0.4) is 0 Å². The molecular formula is C16H13IN2O. The molecule has 100 valence electrons. The second-order valence-corrected chi connectivity index (χ2v) is 5.65. The summed E-state index contributed by atoms with van der Waals surface area (Å²) in [7, 11) is 0. The van der Waals surface area contributed by atoms with Crippen molar-refractivity contribution < 1.29 is 0 Å². The van der Waals surface area contributed by atoms with Crippen LogP contribution in [0.15, 0.2) is 53.3 Å². The molecule has 0 aliphatic rings. The van der Waals surface area contributed by atoms with Crippen LogP contribution in [-0.4, -0.2) is 9.55 Å². The van der Waals surface area contributed by atoms with Crippen LogP contribution in [0.1, 0.15) is 12.7 Å². The number of nitrogens with zero attached hydrogens (tertiary/aromatic N) is 2. The average Bonchev–Trinajstić information content (AvgIpc) is 2.48. The number of para-hydroxylation sites is 2. The Morgan fingerprint density at radius 3 is 2.55 bits per heavy atom. The second-order valence-electron chi connectivity index (χ2n) is 4.49. The highest BCUT2D eigenvalue weighted by molar-refractivity contribution is 14.1. The predicted octanol–water partition coefficient (Wildman–Crippen LogP) is 3.55. The molecule has 3 aromatic rings. The van der Waals surface area contributed by atoms with Gasteiger partial charge in [0, 0.05) is 9.99 Å². The summed E-state index contributed by atoms with van der Waals surface area (Å²) in [6.45, 7) is 2.02. The standard InChI is InChI=1S/C16H13IN2O/c1-2-15-18-13-9-5-3-7-11(13)16(20)19(15)14-10-6-4-8-12(14)17/h3-10H,2H2,1H3. The van der Waals surface area contributed by atoms with Gasteiger partial charge in [-0.15, -0.1) is 0 Å². The van der Waals surface area contributed by atoms with Gasteiger partial charge in [-0.2, -0.15) is 0 Å². The summed E-state index contributed by atoms with van der Waals surface area (Å²) >= 11 is 2.25. The number of hydrogen-bond acceptors (Lipinski definition) is 2. The maximum absolute atomic E-state index is 12.8. The van der Waals surface area contributed by atoms with Crippen molar-refractivity contribution in [1.29, 1.82) is 0 Å². The van der Waals surface area contributed by atoms with Gasteiger partial charge in [-0.25, -0.2) is 4.98 Å². The predicted molar refractivity (Wildman–Crippen MR) is 89.4 cm³/mol. The number of benzene rings is 2. The van der Waals surface area contributed by atoms with Crippen molar-refractivity contribution in [2.45, 2.75) is 13.3 Å². The molecule has 3 rings (SSSR count). The molecule has 0 aliphatic heterocycles. The maximum Gasteiger partial charge on any atom is 0.266 e. The Hall–Kier alpha value is -1.69. The fourth-order valence-electron chi connectivity index (χ4n) is 2.30. The molecule has 0 atom stereocenters. The van der Waals surface area contributed by atoms with Crippen LogP contribution in [-0.2, 0) is 6.42 Å². The summed E-state index contributed by atoms with van der Waals surface area (Å²) in [4.78, 5) is 17.4. The lowest BCUT2D eigenvalue weighted by Gasteiger charge is -2.13. The van der Waals surface area contributed by atoms with Crippen molar-refractivity contribution >= 4 is 33.5 Å². The van der Waals surface area contributed by atoms with E-state index in [0.29, 0.717) is 11.8 Å². The highest BCUT2D eigenvalue weighted by Crippen LogP contribution is 2.18. The van der Waals surface area contributed by atoms with Crippen LogP contribution < -0.4 is 5.56 Å². The summed E-state index contributed by atoms with van der Waals surface area (Å²) < 4.78 is 2.77. The third kappa shape index (κ3) is 2.14. The van der Waals surface area contributed by atoms with Crippen molar-refractivity contribution in [2.75, 3.05) is 0 Å². The molecule has 0 amide bonds. The van der Waals surface area contributed by atoms with E-state index in [-0.39, 0.29) is 5.56 Å². The topological polar surface area (TPSA) is 34.9 Å². The molecule has 0 aliphatic carbocycles. The monoisotopic (exact) mass is 376 g/mol. The normalized spacial score (nSPS) is 10.9. The molecule has 0 radical (unpaired) electrons. The lowest BCUT2D eigenvalue weighted by atomic mass is 10.2. The van der Waals surface area contributed by atoms with Crippen LogP contribution >= 0.6 is 22.6 Å². The number of halogens is 1. The zero-order chi connectivity index (χ0) is 14.1. The van der Waals surface area contributed by atoms with E-state index in [9.17, 15) is 4.79 Å². The van der Waals surface area contributed by atoms with Crippen LogP contribution in [0.25, 0.3) is 16.6 Å². The number of aryl methyl sites for hydroxylation is 1. The third-order valence-electron chi connectivity index (χ3n) is 3.25. The molecule has 4 heteroatoms. The number of rotatable bonds is 2. The van der Waals surface area contributed by atoms with Crippen molar-refractivity contribution in [2.24, 2.45) is 0 Å². The fourth-order valence-corrected chi connectivity index (χ4v) is 2.93. The molecule has 0 saturated heterocycles. The van der Waals surface area contributed by atoms with Crippen molar-refractivity contribution in [3.8, 4) is 5.69 Å². The minimum atomic E-state index is -0.00318. The summed E-state index contributed by atoms with van der Waals surface area (Å²) in [6, 6.07) is 15.4. The Morgan fingerprint density at radius 1 is 1.10 bits per heavy atom. The highest BCUT2D eigenvalue weighted by atomic mass is 127. The molecule has 0 fully saturated rings. The Bertz CT molecular complexity index is 839. The third-order valence-corrected chi connectivity index (χ3v) is 4.17. The molecule has 1 heterocycles.